The topological polar surface area (TPSA) is 54.9 Å². The lowest BCUT2D eigenvalue weighted by Crippen LogP contribution is -2.16. The normalized spacial score (nSPS) is 10.7. The Morgan fingerprint density at radius 2 is 2.31 bits per heavy atom. The molecular formula is C9H14N2O2. The van der Waals surface area contributed by atoms with Crippen LogP contribution in [0.1, 0.15) is 30.8 Å². The lowest BCUT2D eigenvalue weighted by molar-refractivity contribution is 0.111. The maximum absolute atomic E-state index is 11.2. The Hall–Kier alpha value is -1.32. The van der Waals surface area contributed by atoms with E-state index in [1.165, 1.54) is 10.7 Å². The average Bonchev–Trinajstić information content (AvgIpc) is 2.43. The fourth-order valence-corrected chi connectivity index (χ4v) is 1.07. The number of nitrogens with zero attached hydrogens (tertiary/aromatic N) is 1. The van der Waals surface area contributed by atoms with E-state index in [-0.39, 0.29) is 5.56 Å². The van der Waals surface area contributed by atoms with Gasteiger partial charge in [0, 0.05) is 12.6 Å². The van der Waals surface area contributed by atoms with Crippen LogP contribution in [0.15, 0.2) is 10.9 Å². The van der Waals surface area contributed by atoms with Crippen molar-refractivity contribution >= 4 is 6.29 Å². The van der Waals surface area contributed by atoms with Crippen molar-refractivity contribution in [2.45, 2.75) is 26.8 Å². The summed E-state index contributed by atoms with van der Waals surface area (Å²) in [4.78, 5) is 21.5. The minimum atomic E-state index is -0.136. The molecule has 1 heterocycles. The molecule has 0 atom stereocenters. The second kappa shape index (κ2) is 4.07. The van der Waals surface area contributed by atoms with Gasteiger partial charge in [0.05, 0.1) is 5.69 Å². The monoisotopic (exact) mass is 182 g/mol. The summed E-state index contributed by atoms with van der Waals surface area (Å²) in [6.07, 6.45) is 1.58. The van der Waals surface area contributed by atoms with Gasteiger partial charge in [-0.15, -0.1) is 0 Å². The molecule has 72 valence electrons. The zero-order valence-electron chi connectivity index (χ0n) is 7.91. The second-order valence-corrected chi connectivity index (χ2v) is 3.50. The number of aryl methyl sites for hydroxylation is 1. The minimum absolute atomic E-state index is 0.136. The van der Waals surface area contributed by atoms with E-state index in [4.69, 9.17) is 0 Å². The third-order valence-electron chi connectivity index (χ3n) is 1.87. The van der Waals surface area contributed by atoms with Crippen molar-refractivity contribution in [1.82, 2.24) is 9.78 Å². The van der Waals surface area contributed by atoms with Crippen LogP contribution in [0.4, 0.5) is 0 Å². The molecule has 0 aliphatic carbocycles. The minimum Gasteiger partial charge on any atom is -0.296 e. The van der Waals surface area contributed by atoms with Crippen molar-refractivity contribution in [3.8, 4) is 0 Å². The molecule has 4 nitrogen and oxygen atoms in total. The van der Waals surface area contributed by atoms with Crippen LogP contribution in [0.3, 0.4) is 0 Å². The second-order valence-electron chi connectivity index (χ2n) is 3.50. The zero-order chi connectivity index (χ0) is 9.84. The molecule has 0 bridgehead atoms. The highest BCUT2D eigenvalue weighted by Crippen LogP contribution is 2.00. The Bertz CT molecular complexity index is 336. The van der Waals surface area contributed by atoms with Crippen LogP contribution in [0.25, 0.3) is 0 Å². The molecule has 13 heavy (non-hydrogen) atoms. The molecule has 0 aliphatic rings. The molecule has 1 N–H and O–H groups in total. The Morgan fingerprint density at radius 3 is 2.77 bits per heavy atom. The SMILES string of the molecule is CC(C)CCn1[nH]c(C=O)cc1=O. The van der Waals surface area contributed by atoms with Gasteiger partial charge >= 0.3 is 0 Å². The summed E-state index contributed by atoms with van der Waals surface area (Å²) in [5, 5.41) is 2.72. The van der Waals surface area contributed by atoms with Crippen LogP contribution >= 0.6 is 0 Å². The highest BCUT2D eigenvalue weighted by atomic mass is 16.1. The summed E-state index contributed by atoms with van der Waals surface area (Å²) < 4.78 is 1.46. The Balaban J connectivity index is 2.71. The van der Waals surface area contributed by atoms with E-state index < -0.39 is 0 Å². The average molecular weight is 182 g/mol. The van der Waals surface area contributed by atoms with Gasteiger partial charge in [-0.25, -0.2) is 0 Å². The number of hydrogen-bond acceptors (Lipinski definition) is 2. The summed E-state index contributed by atoms with van der Waals surface area (Å²) in [6, 6.07) is 1.31. The Kier molecular flexibility index (Phi) is 3.06. The van der Waals surface area contributed by atoms with E-state index in [1.54, 1.807) is 0 Å². The Labute approximate surface area is 76.6 Å². The van der Waals surface area contributed by atoms with Crippen LogP contribution < -0.4 is 5.56 Å². The fourth-order valence-electron chi connectivity index (χ4n) is 1.07. The third kappa shape index (κ3) is 2.57. The van der Waals surface area contributed by atoms with Gasteiger partial charge in [-0.2, -0.15) is 0 Å². The van der Waals surface area contributed by atoms with E-state index in [1.807, 2.05) is 0 Å². The van der Waals surface area contributed by atoms with Gasteiger partial charge in [0.1, 0.15) is 0 Å². The fraction of sp³-hybridized carbons (Fsp3) is 0.556. The lowest BCUT2D eigenvalue weighted by atomic mass is 10.1. The van der Waals surface area contributed by atoms with E-state index in [2.05, 4.69) is 18.9 Å². The number of H-pyrrole nitrogens is 1. The van der Waals surface area contributed by atoms with E-state index in [9.17, 15) is 9.59 Å². The van der Waals surface area contributed by atoms with Gasteiger partial charge in [0.25, 0.3) is 5.56 Å². The number of aromatic nitrogens is 2. The molecule has 1 rings (SSSR count). The lowest BCUT2D eigenvalue weighted by Gasteiger charge is -2.03. The summed E-state index contributed by atoms with van der Waals surface area (Å²) in [5.74, 6) is 0.551. The van der Waals surface area contributed by atoms with Crippen LogP contribution in [-0.4, -0.2) is 16.1 Å². The van der Waals surface area contributed by atoms with E-state index in [0.29, 0.717) is 24.4 Å². The predicted molar refractivity (Wildman–Crippen MR) is 49.9 cm³/mol. The number of nitrogens with one attached hydrogen (secondary N) is 1. The van der Waals surface area contributed by atoms with Crippen LogP contribution in [0, 0.1) is 5.92 Å². The number of aromatic amines is 1. The van der Waals surface area contributed by atoms with Crippen molar-refractivity contribution in [2.75, 3.05) is 0 Å². The predicted octanol–water partition coefficient (Wildman–Crippen LogP) is 1.03. The number of hydrogen-bond donors (Lipinski definition) is 1. The third-order valence-corrected chi connectivity index (χ3v) is 1.87. The molecule has 0 aliphatic heterocycles. The summed E-state index contributed by atoms with van der Waals surface area (Å²) in [6.45, 7) is 4.83. The molecule has 0 spiro atoms. The van der Waals surface area contributed by atoms with E-state index in [0.717, 1.165) is 6.42 Å². The van der Waals surface area contributed by atoms with Gasteiger partial charge in [0.15, 0.2) is 6.29 Å². The molecule has 0 saturated carbocycles. The molecule has 0 aromatic carbocycles. The maximum atomic E-state index is 11.2. The number of carbonyl (C=O) groups is 1. The zero-order valence-corrected chi connectivity index (χ0v) is 7.91. The quantitative estimate of drug-likeness (QED) is 0.707. The number of carbonyl (C=O) groups excluding carboxylic acids is 1. The summed E-state index contributed by atoms with van der Waals surface area (Å²) in [5.41, 5.74) is 0.205. The van der Waals surface area contributed by atoms with Crippen LogP contribution in [0.2, 0.25) is 0 Å². The summed E-state index contributed by atoms with van der Waals surface area (Å²) in [7, 11) is 0. The van der Waals surface area contributed by atoms with Crippen molar-refractivity contribution in [1.29, 1.82) is 0 Å². The summed E-state index contributed by atoms with van der Waals surface area (Å²) >= 11 is 0. The molecule has 1 aromatic rings. The molecule has 0 saturated heterocycles. The molecule has 0 radical (unpaired) electrons. The van der Waals surface area contributed by atoms with Crippen LogP contribution in [0.5, 0.6) is 0 Å². The van der Waals surface area contributed by atoms with Gasteiger partial charge in [-0.05, 0) is 12.3 Å². The molecule has 0 fully saturated rings. The number of rotatable bonds is 4. The standard InChI is InChI=1S/C9H14N2O2/c1-7(2)3-4-11-9(13)5-8(6-12)10-11/h5-7,10H,3-4H2,1-2H3. The highest BCUT2D eigenvalue weighted by Gasteiger charge is 2.02. The first-order valence-electron chi connectivity index (χ1n) is 4.38. The molecule has 0 amide bonds. The van der Waals surface area contributed by atoms with Gasteiger partial charge in [0.2, 0.25) is 0 Å². The largest absolute Gasteiger partial charge is 0.296 e. The highest BCUT2D eigenvalue weighted by molar-refractivity contribution is 5.71. The van der Waals surface area contributed by atoms with Crippen molar-refractivity contribution in [3.63, 3.8) is 0 Å². The molecule has 4 heteroatoms. The number of aldehydes is 1. The Morgan fingerprint density at radius 1 is 1.62 bits per heavy atom. The molecular weight excluding hydrogens is 168 g/mol. The van der Waals surface area contributed by atoms with Gasteiger partial charge in [-0.3, -0.25) is 19.4 Å². The maximum Gasteiger partial charge on any atom is 0.267 e. The molecule has 0 unspecified atom stereocenters. The van der Waals surface area contributed by atoms with Gasteiger partial charge < -0.3 is 0 Å². The van der Waals surface area contributed by atoms with Gasteiger partial charge in [-0.1, -0.05) is 13.8 Å². The van der Waals surface area contributed by atoms with Crippen LogP contribution in [-0.2, 0) is 6.54 Å². The first-order valence-corrected chi connectivity index (χ1v) is 4.38. The van der Waals surface area contributed by atoms with Crippen molar-refractivity contribution < 1.29 is 4.79 Å². The smallest absolute Gasteiger partial charge is 0.267 e. The van der Waals surface area contributed by atoms with Crippen molar-refractivity contribution in [2.24, 2.45) is 5.92 Å². The first-order chi connectivity index (χ1) is 6.13. The van der Waals surface area contributed by atoms with E-state index >= 15 is 0 Å². The first kappa shape index (κ1) is 9.77. The molecule has 1 aromatic heterocycles. The van der Waals surface area contributed by atoms with Crippen molar-refractivity contribution in [3.05, 3.63) is 22.1 Å².